The Labute approximate surface area is 65.2 Å². The van der Waals surface area contributed by atoms with Crippen LogP contribution in [0.2, 0.25) is 0 Å². The van der Waals surface area contributed by atoms with E-state index in [0.717, 1.165) is 19.3 Å². The van der Waals surface area contributed by atoms with Gasteiger partial charge >= 0.3 is 5.97 Å². The second-order valence-corrected chi connectivity index (χ2v) is 2.88. The molecule has 0 aromatic heterocycles. The molecule has 4 heteroatoms. The number of carboxylic acids is 1. The Morgan fingerprint density at radius 3 is 2.73 bits per heavy atom. The zero-order valence-electron chi connectivity index (χ0n) is 6.29. The van der Waals surface area contributed by atoms with Crippen molar-refractivity contribution >= 4 is 5.97 Å². The SMILES string of the molecule is O=C(O)CNC1CCCC1O. The molecule has 0 spiro atoms. The van der Waals surface area contributed by atoms with Gasteiger partial charge in [-0.05, 0) is 19.3 Å². The van der Waals surface area contributed by atoms with Crippen LogP contribution < -0.4 is 5.32 Å². The van der Waals surface area contributed by atoms with Gasteiger partial charge in [0, 0.05) is 6.04 Å². The molecule has 0 radical (unpaired) electrons. The standard InChI is InChI=1S/C7H13NO3/c9-6-3-1-2-5(6)8-4-7(10)11/h5-6,8-9H,1-4H2,(H,10,11). The molecular weight excluding hydrogens is 146 g/mol. The van der Waals surface area contributed by atoms with Crippen molar-refractivity contribution in [1.82, 2.24) is 5.32 Å². The van der Waals surface area contributed by atoms with E-state index in [9.17, 15) is 9.90 Å². The first kappa shape index (κ1) is 8.49. The number of aliphatic hydroxyl groups excluding tert-OH is 1. The summed E-state index contributed by atoms with van der Waals surface area (Å²) in [6.45, 7) is -0.0538. The van der Waals surface area contributed by atoms with E-state index in [4.69, 9.17) is 5.11 Å². The third-order valence-corrected chi connectivity index (χ3v) is 1.99. The number of carbonyl (C=O) groups is 1. The molecule has 2 unspecified atom stereocenters. The fourth-order valence-electron chi connectivity index (χ4n) is 1.40. The van der Waals surface area contributed by atoms with Crippen LogP contribution in [0.3, 0.4) is 0 Å². The van der Waals surface area contributed by atoms with Gasteiger partial charge in [-0.2, -0.15) is 0 Å². The summed E-state index contributed by atoms with van der Waals surface area (Å²) in [4.78, 5) is 10.1. The van der Waals surface area contributed by atoms with E-state index in [1.54, 1.807) is 0 Å². The predicted molar refractivity (Wildman–Crippen MR) is 39.3 cm³/mol. The molecule has 64 valence electrons. The summed E-state index contributed by atoms with van der Waals surface area (Å²) in [6, 6.07) is -0.00824. The molecular formula is C7H13NO3. The molecule has 0 aromatic carbocycles. The van der Waals surface area contributed by atoms with Gasteiger partial charge in [0.25, 0.3) is 0 Å². The van der Waals surface area contributed by atoms with Crippen LogP contribution in [0.15, 0.2) is 0 Å². The molecule has 0 aromatic rings. The van der Waals surface area contributed by atoms with E-state index in [1.807, 2.05) is 0 Å². The van der Waals surface area contributed by atoms with Crippen molar-refractivity contribution in [1.29, 1.82) is 0 Å². The first-order valence-corrected chi connectivity index (χ1v) is 3.83. The molecule has 0 amide bonds. The molecule has 11 heavy (non-hydrogen) atoms. The number of carboxylic acid groups (broad SMARTS) is 1. The van der Waals surface area contributed by atoms with Crippen LogP contribution in [0.5, 0.6) is 0 Å². The van der Waals surface area contributed by atoms with Crippen LogP contribution in [-0.4, -0.2) is 34.9 Å². The van der Waals surface area contributed by atoms with E-state index in [1.165, 1.54) is 0 Å². The van der Waals surface area contributed by atoms with Gasteiger partial charge in [0.15, 0.2) is 0 Å². The summed E-state index contributed by atoms with van der Waals surface area (Å²) in [5, 5.41) is 20.3. The van der Waals surface area contributed by atoms with Crippen LogP contribution in [0.1, 0.15) is 19.3 Å². The van der Waals surface area contributed by atoms with E-state index >= 15 is 0 Å². The van der Waals surface area contributed by atoms with Crippen LogP contribution in [0.4, 0.5) is 0 Å². The van der Waals surface area contributed by atoms with Gasteiger partial charge in [0.05, 0.1) is 12.6 Å². The molecule has 3 N–H and O–H groups in total. The van der Waals surface area contributed by atoms with Gasteiger partial charge in [0.2, 0.25) is 0 Å². The summed E-state index contributed by atoms with van der Waals surface area (Å²) in [5.41, 5.74) is 0. The highest BCUT2D eigenvalue weighted by Crippen LogP contribution is 2.18. The van der Waals surface area contributed by atoms with Gasteiger partial charge in [-0.1, -0.05) is 0 Å². The Hall–Kier alpha value is -0.610. The van der Waals surface area contributed by atoms with Crippen molar-refractivity contribution in [3.63, 3.8) is 0 Å². The Kier molecular flexibility index (Phi) is 2.84. The first-order chi connectivity index (χ1) is 5.20. The quantitative estimate of drug-likeness (QED) is 0.523. The Bertz CT molecular complexity index is 149. The fraction of sp³-hybridized carbons (Fsp3) is 0.857. The molecule has 1 rings (SSSR count). The van der Waals surface area contributed by atoms with Crippen LogP contribution >= 0.6 is 0 Å². The zero-order valence-corrected chi connectivity index (χ0v) is 6.29. The lowest BCUT2D eigenvalue weighted by Crippen LogP contribution is -2.38. The molecule has 0 heterocycles. The second kappa shape index (κ2) is 3.69. The minimum Gasteiger partial charge on any atom is -0.480 e. The van der Waals surface area contributed by atoms with Crippen molar-refractivity contribution in [2.75, 3.05) is 6.54 Å². The maximum absolute atomic E-state index is 10.1. The number of rotatable bonds is 3. The van der Waals surface area contributed by atoms with E-state index in [2.05, 4.69) is 5.32 Å². The van der Waals surface area contributed by atoms with Crippen molar-refractivity contribution in [3.05, 3.63) is 0 Å². The predicted octanol–water partition coefficient (Wildman–Crippen LogP) is -0.426. The van der Waals surface area contributed by atoms with E-state index in [0.29, 0.717) is 0 Å². The van der Waals surface area contributed by atoms with Gasteiger partial charge in [-0.15, -0.1) is 0 Å². The number of nitrogens with one attached hydrogen (secondary N) is 1. The lowest BCUT2D eigenvalue weighted by atomic mass is 10.2. The van der Waals surface area contributed by atoms with Gasteiger partial charge in [-0.25, -0.2) is 0 Å². The lowest BCUT2D eigenvalue weighted by Gasteiger charge is -2.14. The monoisotopic (exact) mass is 159 g/mol. The third kappa shape index (κ3) is 2.48. The maximum Gasteiger partial charge on any atom is 0.317 e. The van der Waals surface area contributed by atoms with E-state index < -0.39 is 5.97 Å². The minimum absolute atomic E-state index is 0.00824. The van der Waals surface area contributed by atoms with Crippen molar-refractivity contribution in [3.8, 4) is 0 Å². The van der Waals surface area contributed by atoms with Crippen molar-refractivity contribution < 1.29 is 15.0 Å². The largest absolute Gasteiger partial charge is 0.480 e. The van der Waals surface area contributed by atoms with Gasteiger partial charge in [-0.3, -0.25) is 4.79 Å². The molecule has 1 aliphatic rings. The van der Waals surface area contributed by atoms with Crippen LogP contribution in [-0.2, 0) is 4.79 Å². The summed E-state index contributed by atoms with van der Waals surface area (Å²) >= 11 is 0. The smallest absolute Gasteiger partial charge is 0.317 e. The number of aliphatic carboxylic acids is 1. The number of hydrogen-bond donors (Lipinski definition) is 3. The van der Waals surface area contributed by atoms with Crippen LogP contribution in [0.25, 0.3) is 0 Å². The Morgan fingerprint density at radius 1 is 1.55 bits per heavy atom. The zero-order chi connectivity index (χ0) is 8.27. The second-order valence-electron chi connectivity index (χ2n) is 2.88. The van der Waals surface area contributed by atoms with Crippen molar-refractivity contribution in [2.45, 2.75) is 31.4 Å². The van der Waals surface area contributed by atoms with Crippen molar-refractivity contribution in [2.24, 2.45) is 0 Å². The topological polar surface area (TPSA) is 69.6 Å². The number of hydrogen-bond acceptors (Lipinski definition) is 3. The maximum atomic E-state index is 10.1. The lowest BCUT2D eigenvalue weighted by molar-refractivity contribution is -0.136. The van der Waals surface area contributed by atoms with E-state index in [-0.39, 0.29) is 18.7 Å². The normalized spacial score (nSPS) is 30.6. The molecule has 0 bridgehead atoms. The average Bonchev–Trinajstić information content (AvgIpc) is 2.31. The summed E-state index contributed by atoms with van der Waals surface area (Å²) in [7, 11) is 0. The molecule has 1 saturated carbocycles. The van der Waals surface area contributed by atoms with Gasteiger partial charge < -0.3 is 15.5 Å². The average molecular weight is 159 g/mol. The Morgan fingerprint density at radius 2 is 2.27 bits per heavy atom. The Balaban J connectivity index is 2.20. The molecule has 1 fully saturated rings. The molecule has 4 nitrogen and oxygen atoms in total. The molecule has 0 saturated heterocycles. The minimum atomic E-state index is -0.871. The number of aliphatic hydroxyl groups is 1. The highest BCUT2D eigenvalue weighted by Gasteiger charge is 2.24. The van der Waals surface area contributed by atoms with Gasteiger partial charge in [0.1, 0.15) is 0 Å². The molecule has 1 aliphatic carbocycles. The summed E-state index contributed by atoms with van der Waals surface area (Å²) < 4.78 is 0. The summed E-state index contributed by atoms with van der Waals surface area (Å²) in [5.74, 6) is -0.871. The first-order valence-electron chi connectivity index (χ1n) is 3.83. The third-order valence-electron chi connectivity index (χ3n) is 1.99. The molecule has 0 aliphatic heterocycles. The molecule has 2 atom stereocenters. The highest BCUT2D eigenvalue weighted by atomic mass is 16.4. The summed E-state index contributed by atoms with van der Waals surface area (Å²) in [6.07, 6.45) is 2.30. The highest BCUT2D eigenvalue weighted by molar-refractivity contribution is 5.69. The fourth-order valence-corrected chi connectivity index (χ4v) is 1.40. The van der Waals surface area contributed by atoms with Crippen LogP contribution in [0, 0.1) is 0 Å².